The molecule has 0 unspecified atom stereocenters. The molecule has 16 heavy (non-hydrogen) atoms. The Balaban J connectivity index is 2.56. The van der Waals surface area contributed by atoms with Gasteiger partial charge in [-0.1, -0.05) is 0 Å². The lowest BCUT2D eigenvalue weighted by molar-refractivity contribution is 0.406. The second-order valence-electron chi connectivity index (χ2n) is 4.02. The Kier molecular flexibility index (Phi) is 2.52. The molecule has 1 saturated carbocycles. The molecule has 1 aromatic carbocycles. The lowest BCUT2D eigenvalue weighted by Crippen LogP contribution is -2.07. The van der Waals surface area contributed by atoms with Gasteiger partial charge in [-0.05, 0) is 37.0 Å². The molecule has 0 N–H and O–H groups in total. The third-order valence-electron chi connectivity index (χ3n) is 3.03. The molecule has 1 fully saturated rings. The molecule has 0 saturated heterocycles. The molecular formula is C12H12FNO2. The molecule has 0 heterocycles. The molecule has 3 nitrogen and oxygen atoms in total. The zero-order valence-corrected chi connectivity index (χ0v) is 9.21. The van der Waals surface area contributed by atoms with Crippen molar-refractivity contribution in [3.8, 4) is 5.75 Å². The molecule has 0 atom stereocenters. The highest BCUT2D eigenvalue weighted by molar-refractivity contribution is 5.49. The number of aliphatic imine (C=N–C) groups is 1. The van der Waals surface area contributed by atoms with E-state index in [1.807, 2.05) is 6.92 Å². The third-order valence-corrected chi connectivity index (χ3v) is 3.03. The maximum atomic E-state index is 13.4. The summed E-state index contributed by atoms with van der Waals surface area (Å²) in [6.45, 7) is 1.84. The van der Waals surface area contributed by atoms with Gasteiger partial charge in [0.15, 0.2) is 0 Å². The van der Waals surface area contributed by atoms with Crippen molar-refractivity contribution in [2.75, 3.05) is 7.11 Å². The summed E-state index contributed by atoms with van der Waals surface area (Å²) in [6.07, 6.45) is 3.08. The number of nitrogens with zero attached hydrogens (tertiary/aromatic N) is 1. The average Bonchev–Trinajstić information content (AvgIpc) is 3.02. The van der Waals surface area contributed by atoms with Crippen molar-refractivity contribution in [2.24, 2.45) is 4.99 Å². The van der Waals surface area contributed by atoms with E-state index in [-0.39, 0.29) is 5.82 Å². The number of isocyanates is 1. The number of halogens is 1. The summed E-state index contributed by atoms with van der Waals surface area (Å²) in [5.74, 6) is 0.118. The van der Waals surface area contributed by atoms with Gasteiger partial charge in [0, 0.05) is 6.07 Å². The number of hydrogen-bond acceptors (Lipinski definition) is 3. The number of methoxy groups -OCH3 is 1. The van der Waals surface area contributed by atoms with Gasteiger partial charge in [0.2, 0.25) is 6.08 Å². The van der Waals surface area contributed by atoms with E-state index < -0.39 is 5.54 Å². The largest absolute Gasteiger partial charge is 0.496 e. The number of ether oxygens (including phenoxy) is 1. The van der Waals surface area contributed by atoms with Crippen LogP contribution < -0.4 is 4.74 Å². The molecule has 0 aromatic heterocycles. The van der Waals surface area contributed by atoms with Crippen molar-refractivity contribution >= 4 is 6.08 Å². The van der Waals surface area contributed by atoms with Crippen molar-refractivity contribution in [3.05, 3.63) is 29.1 Å². The number of rotatable bonds is 3. The standard InChI is InChI=1S/C12H12FNO2/c1-8-10(12(3-4-12)14-7-15)5-9(13)6-11(8)16-2/h5-6H,3-4H2,1-2H3. The second-order valence-corrected chi connectivity index (χ2v) is 4.02. The van der Waals surface area contributed by atoms with Gasteiger partial charge < -0.3 is 4.74 Å². The first kappa shape index (κ1) is 10.8. The van der Waals surface area contributed by atoms with Gasteiger partial charge in [0.25, 0.3) is 0 Å². The zero-order chi connectivity index (χ0) is 11.8. The van der Waals surface area contributed by atoms with Gasteiger partial charge in [-0.3, -0.25) is 0 Å². The Morgan fingerprint density at radius 1 is 1.50 bits per heavy atom. The normalized spacial score (nSPS) is 16.4. The van der Waals surface area contributed by atoms with Crippen LogP contribution in [-0.4, -0.2) is 13.2 Å². The van der Waals surface area contributed by atoms with Crippen molar-refractivity contribution in [2.45, 2.75) is 25.3 Å². The minimum atomic E-state index is -0.554. The van der Waals surface area contributed by atoms with Crippen molar-refractivity contribution in [3.63, 3.8) is 0 Å². The van der Waals surface area contributed by atoms with Crippen LogP contribution in [0.3, 0.4) is 0 Å². The lowest BCUT2D eigenvalue weighted by atomic mass is 9.98. The third kappa shape index (κ3) is 1.61. The van der Waals surface area contributed by atoms with Crippen molar-refractivity contribution in [1.29, 1.82) is 0 Å². The zero-order valence-electron chi connectivity index (χ0n) is 9.21. The summed E-state index contributed by atoms with van der Waals surface area (Å²) < 4.78 is 18.5. The lowest BCUT2D eigenvalue weighted by Gasteiger charge is -2.15. The second kappa shape index (κ2) is 3.72. The summed E-state index contributed by atoms with van der Waals surface area (Å²) in [5, 5.41) is 0. The van der Waals surface area contributed by atoms with E-state index in [4.69, 9.17) is 4.74 Å². The van der Waals surface area contributed by atoms with Crippen LogP contribution >= 0.6 is 0 Å². The van der Waals surface area contributed by atoms with Gasteiger partial charge in [-0.15, -0.1) is 0 Å². The molecule has 1 aromatic rings. The number of hydrogen-bond donors (Lipinski definition) is 0. The fourth-order valence-corrected chi connectivity index (χ4v) is 2.00. The van der Waals surface area contributed by atoms with Crippen LogP contribution in [0, 0.1) is 12.7 Å². The van der Waals surface area contributed by atoms with Gasteiger partial charge in [-0.25, -0.2) is 9.18 Å². The predicted molar refractivity (Wildman–Crippen MR) is 56.7 cm³/mol. The van der Waals surface area contributed by atoms with Gasteiger partial charge >= 0.3 is 0 Å². The van der Waals surface area contributed by atoms with E-state index in [9.17, 15) is 9.18 Å². The van der Waals surface area contributed by atoms with Gasteiger partial charge in [-0.2, -0.15) is 4.99 Å². The molecule has 2 rings (SSSR count). The molecule has 0 spiro atoms. The molecular weight excluding hydrogens is 209 g/mol. The predicted octanol–water partition coefficient (Wildman–Crippen LogP) is 2.47. The Hall–Kier alpha value is -1.67. The first-order valence-corrected chi connectivity index (χ1v) is 5.06. The van der Waals surface area contributed by atoms with Crippen LogP contribution in [0.1, 0.15) is 24.0 Å². The number of benzene rings is 1. The molecule has 1 aliphatic carbocycles. The van der Waals surface area contributed by atoms with Crippen LogP contribution in [-0.2, 0) is 10.3 Å². The minimum absolute atomic E-state index is 0.371. The van der Waals surface area contributed by atoms with Crippen LogP contribution in [0.15, 0.2) is 17.1 Å². The first-order valence-electron chi connectivity index (χ1n) is 5.06. The summed E-state index contributed by atoms with van der Waals surface area (Å²) >= 11 is 0. The minimum Gasteiger partial charge on any atom is -0.496 e. The highest BCUT2D eigenvalue weighted by Crippen LogP contribution is 2.51. The molecule has 1 aliphatic rings. The maximum Gasteiger partial charge on any atom is 0.235 e. The van der Waals surface area contributed by atoms with E-state index in [1.165, 1.54) is 19.2 Å². The SMILES string of the molecule is COc1cc(F)cc(C2(N=C=O)CC2)c1C. The molecule has 84 valence electrons. The Morgan fingerprint density at radius 2 is 2.19 bits per heavy atom. The van der Waals surface area contributed by atoms with Crippen LogP contribution in [0.25, 0.3) is 0 Å². The summed E-state index contributed by atoms with van der Waals surface area (Å²) in [5.41, 5.74) is 1.01. The Labute approximate surface area is 93.0 Å². The van der Waals surface area contributed by atoms with Crippen molar-refractivity contribution in [1.82, 2.24) is 0 Å². The smallest absolute Gasteiger partial charge is 0.235 e. The fraction of sp³-hybridized carbons (Fsp3) is 0.417. The van der Waals surface area contributed by atoms with Crippen LogP contribution in [0.5, 0.6) is 5.75 Å². The van der Waals surface area contributed by atoms with E-state index in [2.05, 4.69) is 4.99 Å². The van der Waals surface area contributed by atoms with Crippen molar-refractivity contribution < 1.29 is 13.9 Å². The van der Waals surface area contributed by atoms with Crippen LogP contribution in [0.4, 0.5) is 4.39 Å². The monoisotopic (exact) mass is 221 g/mol. The molecule has 4 heteroatoms. The summed E-state index contributed by atoms with van der Waals surface area (Å²) in [6, 6.07) is 2.76. The summed E-state index contributed by atoms with van der Waals surface area (Å²) in [7, 11) is 1.49. The van der Waals surface area contributed by atoms with E-state index in [0.717, 1.165) is 24.0 Å². The molecule has 0 aliphatic heterocycles. The fourth-order valence-electron chi connectivity index (χ4n) is 2.00. The Morgan fingerprint density at radius 3 is 2.69 bits per heavy atom. The average molecular weight is 221 g/mol. The Bertz CT molecular complexity index is 474. The van der Waals surface area contributed by atoms with Gasteiger partial charge in [0.1, 0.15) is 11.6 Å². The van der Waals surface area contributed by atoms with E-state index >= 15 is 0 Å². The van der Waals surface area contributed by atoms with Gasteiger partial charge in [0.05, 0.1) is 12.6 Å². The van der Waals surface area contributed by atoms with E-state index in [1.54, 1.807) is 6.08 Å². The highest BCUT2D eigenvalue weighted by Gasteiger charge is 2.46. The topological polar surface area (TPSA) is 38.7 Å². The van der Waals surface area contributed by atoms with Crippen LogP contribution in [0.2, 0.25) is 0 Å². The quantitative estimate of drug-likeness (QED) is 0.581. The first-order chi connectivity index (χ1) is 7.63. The molecule has 0 bridgehead atoms. The molecule has 0 amide bonds. The highest BCUT2D eigenvalue weighted by atomic mass is 19.1. The van der Waals surface area contributed by atoms with E-state index in [0.29, 0.717) is 5.75 Å². The molecule has 0 radical (unpaired) electrons. The maximum absolute atomic E-state index is 13.4. The summed E-state index contributed by atoms with van der Waals surface area (Å²) in [4.78, 5) is 14.2. The number of carbonyl (C=O) groups excluding carboxylic acids is 1.